The van der Waals surface area contributed by atoms with Crippen molar-refractivity contribution in [2.45, 2.75) is 51.2 Å². The Morgan fingerprint density at radius 1 is 1.36 bits per heavy atom. The molecule has 1 atom stereocenters. The zero-order valence-corrected chi connectivity index (χ0v) is 16.0. The number of halogens is 3. The number of nitrogens with one attached hydrogen (secondary N) is 2. The summed E-state index contributed by atoms with van der Waals surface area (Å²) in [7, 11) is 1.62. The van der Waals surface area contributed by atoms with Crippen LogP contribution in [-0.2, 0) is 13.1 Å². The van der Waals surface area contributed by atoms with Crippen LogP contribution in [0, 0.1) is 0 Å². The summed E-state index contributed by atoms with van der Waals surface area (Å²) in [5, 5.41) is 6.40. The lowest BCUT2D eigenvalue weighted by molar-refractivity contribution is -0.141. The van der Waals surface area contributed by atoms with Crippen molar-refractivity contribution >= 4 is 5.96 Å². The van der Waals surface area contributed by atoms with E-state index in [1.54, 1.807) is 7.05 Å². The number of aromatic nitrogens is 2. The van der Waals surface area contributed by atoms with Crippen molar-refractivity contribution in [1.82, 2.24) is 20.2 Å². The van der Waals surface area contributed by atoms with Crippen LogP contribution in [0.2, 0.25) is 0 Å². The molecule has 1 aliphatic heterocycles. The highest BCUT2D eigenvalue weighted by molar-refractivity contribution is 5.80. The van der Waals surface area contributed by atoms with E-state index >= 15 is 0 Å². The molecule has 2 N–H and O–H groups in total. The fraction of sp³-hybridized carbons (Fsp3) is 0.474. The van der Waals surface area contributed by atoms with Crippen LogP contribution in [0.25, 0.3) is 0 Å². The molecule has 152 valence electrons. The second-order valence-electron chi connectivity index (χ2n) is 7.31. The van der Waals surface area contributed by atoms with E-state index in [9.17, 15) is 13.2 Å². The molecule has 0 amide bonds. The minimum atomic E-state index is -4.30. The largest absolute Gasteiger partial charge is 0.487 e. The number of aliphatic imine (C=N–C) groups is 1. The fourth-order valence-electron chi connectivity index (χ4n) is 3.30. The third kappa shape index (κ3) is 4.96. The van der Waals surface area contributed by atoms with Gasteiger partial charge in [0.05, 0.1) is 12.6 Å². The van der Waals surface area contributed by atoms with Crippen molar-refractivity contribution < 1.29 is 17.9 Å². The maximum atomic E-state index is 12.7. The molecule has 28 heavy (non-hydrogen) atoms. The normalized spacial score (nSPS) is 18.9. The molecule has 0 aliphatic carbocycles. The van der Waals surface area contributed by atoms with E-state index in [0.717, 1.165) is 15.9 Å². The van der Waals surface area contributed by atoms with Gasteiger partial charge in [-0.05, 0) is 19.9 Å². The van der Waals surface area contributed by atoms with Gasteiger partial charge in [0.1, 0.15) is 23.7 Å². The first kappa shape index (κ1) is 20.0. The standard InChI is InChI=1S/C19H24F3N5O/c1-18(2)10-14(13-6-4-5-7-15(13)28-18)26-17(23-3)25-11-16-24-8-9-27(16)12-19(20,21)22/h4-9,14H,10-12H2,1-3H3,(H2,23,25,26). The minimum Gasteiger partial charge on any atom is -0.487 e. The lowest BCUT2D eigenvalue weighted by atomic mass is 9.90. The van der Waals surface area contributed by atoms with E-state index in [0.29, 0.717) is 12.4 Å². The van der Waals surface area contributed by atoms with Gasteiger partial charge >= 0.3 is 6.18 Å². The lowest BCUT2D eigenvalue weighted by Crippen LogP contribution is -2.45. The third-order valence-corrected chi connectivity index (χ3v) is 4.48. The Labute approximate surface area is 161 Å². The van der Waals surface area contributed by atoms with Crippen molar-refractivity contribution in [2.24, 2.45) is 4.99 Å². The van der Waals surface area contributed by atoms with Gasteiger partial charge in [-0.3, -0.25) is 4.99 Å². The second kappa shape index (κ2) is 7.73. The molecule has 1 aromatic carbocycles. The lowest BCUT2D eigenvalue weighted by Gasteiger charge is -2.38. The summed E-state index contributed by atoms with van der Waals surface area (Å²) < 4.78 is 45.1. The van der Waals surface area contributed by atoms with E-state index < -0.39 is 12.7 Å². The average molecular weight is 395 g/mol. The van der Waals surface area contributed by atoms with Crippen molar-refractivity contribution in [3.8, 4) is 5.75 Å². The van der Waals surface area contributed by atoms with E-state index in [2.05, 4.69) is 20.6 Å². The first-order valence-electron chi connectivity index (χ1n) is 8.99. The molecular weight excluding hydrogens is 371 g/mol. The number of benzene rings is 1. The summed E-state index contributed by atoms with van der Waals surface area (Å²) in [5.41, 5.74) is 0.664. The van der Waals surface area contributed by atoms with Crippen LogP contribution in [-0.4, -0.2) is 34.3 Å². The molecule has 2 aromatic rings. The van der Waals surface area contributed by atoms with Gasteiger partial charge in [-0.25, -0.2) is 4.98 Å². The number of nitrogens with zero attached hydrogens (tertiary/aromatic N) is 3. The second-order valence-corrected chi connectivity index (χ2v) is 7.31. The highest BCUT2D eigenvalue weighted by Gasteiger charge is 2.34. The van der Waals surface area contributed by atoms with E-state index in [1.165, 1.54) is 12.4 Å². The predicted octanol–water partition coefficient (Wildman–Crippen LogP) is 3.41. The Balaban J connectivity index is 1.69. The van der Waals surface area contributed by atoms with Crippen molar-refractivity contribution in [3.05, 3.63) is 48.0 Å². The molecule has 1 unspecified atom stereocenters. The Bertz CT molecular complexity index is 844. The Hall–Kier alpha value is -2.71. The van der Waals surface area contributed by atoms with Gasteiger partial charge in [0.25, 0.3) is 0 Å². The Kier molecular flexibility index (Phi) is 5.53. The maximum absolute atomic E-state index is 12.7. The number of fused-ring (bicyclic) bond motifs is 1. The van der Waals surface area contributed by atoms with Gasteiger partial charge in [-0.1, -0.05) is 18.2 Å². The van der Waals surface area contributed by atoms with Crippen LogP contribution in [0.4, 0.5) is 13.2 Å². The van der Waals surface area contributed by atoms with Crippen LogP contribution in [0.5, 0.6) is 5.75 Å². The summed E-state index contributed by atoms with van der Waals surface area (Å²) in [4.78, 5) is 8.21. The monoisotopic (exact) mass is 395 g/mol. The first-order valence-corrected chi connectivity index (χ1v) is 8.99. The minimum absolute atomic E-state index is 0.0407. The van der Waals surface area contributed by atoms with Crippen LogP contribution in [0.15, 0.2) is 41.7 Å². The van der Waals surface area contributed by atoms with Gasteiger partial charge in [-0.15, -0.1) is 0 Å². The summed E-state index contributed by atoms with van der Waals surface area (Å²) in [6.07, 6.45) is -0.908. The van der Waals surface area contributed by atoms with Crippen molar-refractivity contribution in [2.75, 3.05) is 7.05 Å². The fourth-order valence-corrected chi connectivity index (χ4v) is 3.30. The molecular formula is C19H24F3N5O. The van der Waals surface area contributed by atoms with Gasteiger partial charge in [0, 0.05) is 31.4 Å². The van der Waals surface area contributed by atoms with Crippen LogP contribution in [0.3, 0.4) is 0 Å². The van der Waals surface area contributed by atoms with E-state index in [4.69, 9.17) is 4.74 Å². The van der Waals surface area contributed by atoms with Crippen molar-refractivity contribution in [1.29, 1.82) is 0 Å². The number of ether oxygens (including phenoxy) is 1. The average Bonchev–Trinajstić information content (AvgIpc) is 3.02. The predicted molar refractivity (Wildman–Crippen MR) is 100 cm³/mol. The Morgan fingerprint density at radius 2 is 2.11 bits per heavy atom. The van der Waals surface area contributed by atoms with Crippen LogP contribution >= 0.6 is 0 Å². The topological polar surface area (TPSA) is 63.5 Å². The molecule has 0 spiro atoms. The summed E-state index contributed by atoms with van der Waals surface area (Å²) in [5.74, 6) is 1.58. The smallest absolute Gasteiger partial charge is 0.406 e. The van der Waals surface area contributed by atoms with Gasteiger partial charge in [0.2, 0.25) is 0 Å². The number of imidazole rings is 1. The number of hydrogen-bond donors (Lipinski definition) is 2. The van der Waals surface area contributed by atoms with Crippen LogP contribution in [0.1, 0.15) is 37.7 Å². The van der Waals surface area contributed by atoms with E-state index in [-0.39, 0.29) is 24.0 Å². The summed E-state index contributed by atoms with van der Waals surface area (Å²) in [6.45, 7) is 3.08. The van der Waals surface area contributed by atoms with E-state index in [1.807, 2.05) is 38.1 Å². The number of guanidine groups is 1. The quantitative estimate of drug-likeness (QED) is 0.615. The van der Waals surface area contributed by atoms with Gasteiger partial charge < -0.3 is 19.9 Å². The molecule has 0 saturated heterocycles. The summed E-state index contributed by atoms with van der Waals surface area (Å²) >= 11 is 0. The van der Waals surface area contributed by atoms with Crippen molar-refractivity contribution in [3.63, 3.8) is 0 Å². The maximum Gasteiger partial charge on any atom is 0.406 e. The third-order valence-electron chi connectivity index (χ3n) is 4.48. The molecule has 0 fully saturated rings. The molecule has 9 heteroatoms. The highest BCUT2D eigenvalue weighted by atomic mass is 19.4. The number of rotatable bonds is 4. The van der Waals surface area contributed by atoms with Gasteiger partial charge in [0.15, 0.2) is 5.96 Å². The molecule has 0 bridgehead atoms. The molecule has 1 aromatic heterocycles. The molecule has 3 rings (SSSR count). The van der Waals surface area contributed by atoms with Crippen LogP contribution < -0.4 is 15.4 Å². The Morgan fingerprint density at radius 3 is 2.82 bits per heavy atom. The molecule has 1 aliphatic rings. The number of para-hydroxylation sites is 1. The highest BCUT2D eigenvalue weighted by Crippen LogP contribution is 2.39. The first-order chi connectivity index (χ1) is 13.2. The van der Waals surface area contributed by atoms with Gasteiger partial charge in [-0.2, -0.15) is 13.2 Å². The number of hydrogen-bond acceptors (Lipinski definition) is 3. The number of alkyl halides is 3. The molecule has 2 heterocycles. The molecule has 0 radical (unpaired) electrons. The molecule has 6 nitrogen and oxygen atoms in total. The molecule has 0 saturated carbocycles. The summed E-state index contributed by atoms with van der Waals surface area (Å²) in [6, 6.07) is 7.74. The zero-order chi connectivity index (χ0) is 20.4. The SMILES string of the molecule is CN=C(NCc1nccn1CC(F)(F)F)NC1CC(C)(C)Oc2ccccc21. The zero-order valence-electron chi connectivity index (χ0n) is 16.0.